The fraction of sp³-hybridized carbons (Fsp3) is 0.500. The molecule has 1 saturated heterocycles. The molecule has 25 heavy (non-hydrogen) atoms. The Kier molecular flexibility index (Phi) is 5.43. The van der Waals surface area contributed by atoms with Gasteiger partial charge in [0.1, 0.15) is 5.82 Å². The number of piperazine rings is 1. The minimum atomic E-state index is -0.811. The van der Waals surface area contributed by atoms with E-state index in [2.05, 4.69) is 10.2 Å². The van der Waals surface area contributed by atoms with Crippen molar-refractivity contribution in [2.45, 2.75) is 25.3 Å². The third-order valence-electron chi connectivity index (χ3n) is 4.64. The molecule has 1 saturated carbocycles. The first-order valence-corrected chi connectivity index (χ1v) is 8.60. The van der Waals surface area contributed by atoms with E-state index in [0.717, 1.165) is 13.1 Å². The molecule has 134 valence electrons. The van der Waals surface area contributed by atoms with E-state index in [-0.39, 0.29) is 18.9 Å². The summed E-state index contributed by atoms with van der Waals surface area (Å²) in [5.74, 6) is -2.13. The van der Waals surface area contributed by atoms with Crippen molar-refractivity contribution in [3.63, 3.8) is 0 Å². The van der Waals surface area contributed by atoms with Gasteiger partial charge in [0, 0.05) is 38.6 Å². The molecule has 1 aromatic carbocycles. The molecule has 2 aliphatic rings. The Labute approximate surface area is 146 Å². The Morgan fingerprint density at radius 3 is 2.48 bits per heavy atom. The van der Waals surface area contributed by atoms with Gasteiger partial charge in [-0.25, -0.2) is 4.39 Å². The Hall–Kier alpha value is -2.28. The van der Waals surface area contributed by atoms with E-state index < -0.39 is 17.5 Å². The first-order valence-electron chi connectivity index (χ1n) is 8.60. The minimum absolute atomic E-state index is 0.178. The van der Waals surface area contributed by atoms with Crippen molar-refractivity contribution >= 4 is 17.6 Å². The first-order chi connectivity index (χ1) is 12.0. The topological polar surface area (TPSA) is 69.7 Å². The number of ketones is 1. The maximum absolute atomic E-state index is 13.1. The van der Waals surface area contributed by atoms with Crippen LogP contribution >= 0.6 is 0 Å². The highest BCUT2D eigenvalue weighted by Gasteiger charge is 2.32. The van der Waals surface area contributed by atoms with Crippen molar-refractivity contribution in [2.75, 3.05) is 32.7 Å². The molecule has 6 nitrogen and oxygen atoms in total. The van der Waals surface area contributed by atoms with Gasteiger partial charge in [0.05, 0.1) is 6.54 Å². The maximum Gasteiger partial charge on any atom is 0.288 e. The Balaban J connectivity index is 1.40. The highest BCUT2D eigenvalue weighted by Crippen LogP contribution is 2.27. The Bertz CT molecular complexity index is 667. The lowest BCUT2D eigenvalue weighted by molar-refractivity contribution is -0.139. The number of Topliss-reactive ketones (excluding diaryl/α,β-unsaturated/α-hetero) is 1. The van der Waals surface area contributed by atoms with Gasteiger partial charge in [-0.15, -0.1) is 0 Å². The predicted octanol–water partition coefficient (Wildman–Crippen LogP) is 0.360. The van der Waals surface area contributed by atoms with Crippen molar-refractivity contribution in [1.29, 1.82) is 0 Å². The van der Waals surface area contributed by atoms with Gasteiger partial charge >= 0.3 is 0 Å². The molecule has 1 N–H and O–H groups in total. The van der Waals surface area contributed by atoms with E-state index in [1.807, 2.05) is 0 Å². The molecular weight excluding hydrogens is 325 g/mol. The molecule has 1 aliphatic carbocycles. The average molecular weight is 347 g/mol. The zero-order valence-electron chi connectivity index (χ0n) is 14.0. The van der Waals surface area contributed by atoms with Gasteiger partial charge in [-0.05, 0) is 30.5 Å². The molecule has 7 heteroatoms. The number of nitrogens with one attached hydrogen (secondary N) is 1. The smallest absolute Gasteiger partial charge is 0.288 e. The summed E-state index contributed by atoms with van der Waals surface area (Å²) in [6, 6.07) is 6.25. The van der Waals surface area contributed by atoms with Crippen molar-refractivity contribution in [3.05, 3.63) is 35.6 Å². The van der Waals surface area contributed by atoms with Crippen molar-refractivity contribution in [3.8, 4) is 0 Å². The van der Waals surface area contributed by atoms with Gasteiger partial charge in [0.2, 0.25) is 11.7 Å². The van der Waals surface area contributed by atoms with Crippen LogP contribution in [0.4, 0.5) is 4.39 Å². The largest absolute Gasteiger partial charge is 0.340 e. The molecule has 3 rings (SSSR count). The van der Waals surface area contributed by atoms with Gasteiger partial charge in [0.25, 0.3) is 5.91 Å². The van der Waals surface area contributed by atoms with Crippen LogP contribution in [0.25, 0.3) is 0 Å². The average Bonchev–Trinajstić information content (AvgIpc) is 3.44. The van der Waals surface area contributed by atoms with Crippen LogP contribution in [0.15, 0.2) is 24.3 Å². The summed E-state index contributed by atoms with van der Waals surface area (Å²) < 4.78 is 13.1. The van der Waals surface area contributed by atoms with E-state index in [1.54, 1.807) is 11.0 Å². The highest BCUT2D eigenvalue weighted by molar-refractivity contribution is 6.36. The fourth-order valence-corrected chi connectivity index (χ4v) is 3.06. The summed E-state index contributed by atoms with van der Waals surface area (Å²) in [5, 5.41) is 2.37. The van der Waals surface area contributed by atoms with E-state index in [1.165, 1.54) is 31.0 Å². The van der Waals surface area contributed by atoms with Crippen LogP contribution in [-0.4, -0.2) is 66.2 Å². The summed E-state index contributed by atoms with van der Waals surface area (Å²) in [6.07, 6.45) is 2.31. The van der Waals surface area contributed by atoms with Crippen molar-refractivity contribution < 1.29 is 18.8 Å². The van der Waals surface area contributed by atoms with Gasteiger partial charge in [-0.2, -0.15) is 0 Å². The molecule has 2 fully saturated rings. The monoisotopic (exact) mass is 347 g/mol. The Morgan fingerprint density at radius 1 is 1.12 bits per heavy atom. The van der Waals surface area contributed by atoms with Gasteiger partial charge in [-0.1, -0.05) is 12.1 Å². The zero-order valence-corrected chi connectivity index (χ0v) is 14.0. The molecule has 1 aromatic rings. The summed E-state index contributed by atoms with van der Waals surface area (Å²) in [5.41, 5.74) is 0.433. The lowest BCUT2D eigenvalue weighted by atomic mass is 10.1. The van der Waals surface area contributed by atoms with Crippen LogP contribution < -0.4 is 5.32 Å². The number of carbonyl (C=O) groups is 3. The lowest BCUT2D eigenvalue weighted by Gasteiger charge is -2.34. The number of benzene rings is 1. The van der Waals surface area contributed by atoms with Crippen LogP contribution in [0.1, 0.15) is 18.4 Å². The summed E-state index contributed by atoms with van der Waals surface area (Å²) in [4.78, 5) is 40.0. The van der Waals surface area contributed by atoms with Crippen LogP contribution in [0.3, 0.4) is 0 Å². The Morgan fingerprint density at radius 2 is 1.84 bits per heavy atom. The zero-order chi connectivity index (χ0) is 17.8. The van der Waals surface area contributed by atoms with E-state index in [0.29, 0.717) is 24.7 Å². The summed E-state index contributed by atoms with van der Waals surface area (Å²) in [6.45, 7) is 2.85. The quantitative estimate of drug-likeness (QED) is 0.755. The number of halogens is 1. The number of nitrogens with zero attached hydrogens (tertiary/aromatic N) is 2. The molecular formula is C18H22FN3O3. The van der Waals surface area contributed by atoms with E-state index in [9.17, 15) is 18.8 Å². The van der Waals surface area contributed by atoms with Crippen molar-refractivity contribution in [2.24, 2.45) is 0 Å². The van der Waals surface area contributed by atoms with Gasteiger partial charge < -0.3 is 10.2 Å². The summed E-state index contributed by atoms with van der Waals surface area (Å²) >= 11 is 0. The summed E-state index contributed by atoms with van der Waals surface area (Å²) in [7, 11) is 0. The third-order valence-corrected chi connectivity index (χ3v) is 4.64. The molecule has 1 aliphatic heterocycles. The molecule has 1 heterocycles. The maximum atomic E-state index is 13.1. The number of hydrogen-bond donors (Lipinski definition) is 1. The normalized spacial score (nSPS) is 18.0. The van der Waals surface area contributed by atoms with Crippen LogP contribution in [0.2, 0.25) is 0 Å². The third kappa shape index (κ3) is 4.85. The standard InChI is InChI=1S/C18H22FN3O3/c19-14-3-1-2-13(10-14)11-16(23)18(25)20-12-17(24)22-8-6-21(7-9-22)15-4-5-15/h1-3,10,15H,4-9,11-12H2,(H,20,25). The second kappa shape index (κ2) is 7.74. The number of rotatable bonds is 6. The fourth-order valence-electron chi connectivity index (χ4n) is 3.06. The lowest BCUT2D eigenvalue weighted by Crippen LogP contribution is -2.52. The van der Waals surface area contributed by atoms with Crippen LogP contribution in [0.5, 0.6) is 0 Å². The SMILES string of the molecule is O=C(Cc1cccc(F)c1)C(=O)NCC(=O)N1CCN(C2CC2)CC1. The second-order valence-corrected chi connectivity index (χ2v) is 6.56. The first kappa shape index (κ1) is 17.5. The molecule has 0 bridgehead atoms. The minimum Gasteiger partial charge on any atom is -0.340 e. The number of amides is 2. The molecule has 0 radical (unpaired) electrons. The molecule has 0 atom stereocenters. The number of hydrogen-bond acceptors (Lipinski definition) is 4. The van der Waals surface area contributed by atoms with Crippen LogP contribution in [0, 0.1) is 5.82 Å². The second-order valence-electron chi connectivity index (χ2n) is 6.56. The molecule has 0 aromatic heterocycles. The molecule has 0 spiro atoms. The molecule has 0 unspecified atom stereocenters. The number of carbonyl (C=O) groups excluding carboxylic acids is 3. The van der Waals surface area contributed by atoms with Crippen molar-refractivity contribution in [1.82, 2.24) is 15.1 Å². The highest BCUT2D eigenvalue weighted by atomic mass is 19.1. The van der Waals surface area contributed by atoms with Crippen LogP contribution in [-0.2, 0) is 20.8 Å². The van der Waals surface area contributed by atoms with E-state index in [4.69, 9.17) is 0 Å². The molecule has 2 amide bonds. The predicted molar refractivity (Wildman–Crippen MR) is 89.3 cm³/mol. The van der Waals surface area contributed by atoms with Gasteiger partial charge in [-0.3, -0.25) is 19.3 Å². The van der Waals surface area contributed by atoms with E-state index >= 15 is 0 Å². The van der Waals surface area contributed by atoms with Gasteiger partial charge in [0.15, 0.2) is 0 Å².